The predicted octanol–water partition coefficient (Wildman–Crippen LogP) is 2.34. The topological polar surface area (TPSA) is 140 Å². The van der Waals surface area contributed by atoms with E-state index in [0.29, 0.717) is 44.5 Å². The van der Waals surface area contributed by atoms with Crippen molar-refractivity contribution >= 4 is 9.84 Å². The Morgan fingerprint density at radius 1 is 1.11 bits per heavy atom. The number of rotatable bonds is 9. The van der Waals surface area contributed by atoms with Gasteiger partial charge in [-0.05, 0) is 32.0 Å². The molecule has 2 atom stereocenters. The first-order valence-electron chi connectivity index (χ1n) is 11.6. The molecule has 0 aliphatic heterocycles. The van der Waals surface area contributed by atoms with Crippen LogP contribution in [0.15, 0.2) is 42.9 Å². The van der Waals surface area contributed by atoms with Gasteiger partial charge >= 0.3 is 0 Å². The van der Waals surface area contributed by atoms with Gasteiger partial charge in [0, 0.05) is 18.2 Å². The second-order valence-corrected chi connectivity index (χ2v) is 11.2. The van der Waals surface area contributed by atoms with Crippen LogP contribution >= 0.6 is 0 Å². The number of hydrogen-bond acceptors (Lipinski definition) is 8. The molecule has 13 heteroatoms. The molecule has 4 rings (SSSR count). The Balaban J connectivity index is 1.82. The average molecular weight is 529 g/mol. The molecule has 0 aliphatic carbocycles. The van der Waals surface area contributed by atoms with Crippen LogP contribution in [-0.2, 0) is 22.6 Å². The van der Waals surface area contributed by atoms with Crippen molar-refractivity contribution in [1.82, 2.24) is 29.5 Å². The molecule has 1 N–H and O–H groups in total. The third-order valence-electron chi connectivity index (χ3n) is 6.38. The summed E-state index contributed by atoms with van der Waals surface area (Å²) in [5.41, 5.74) is 1.94. The fourth-order valence-electron chi connectivity index (χ4n) is 4.13. The van der Waals surface area contributed by atoms with Gasteiger partial charge in [0.25, 0.3) is 5.69 Å². The van der Waals surface area contributed by atoms with Crippen LogP contribution in [0.2, 0.25) is 0 Å². The zero-order valence-electron chi connectivity index (χ0n) is 21.5. The lowest BCUT2D eigenvalue weighted by molar-refractivity contribution is -0.507. The second-order valence-electron chi connectivity index (χ2n) is 8.81. The number of hydrogen-bond donors (Lipinski definition) is 1. The molecule has 0 fully saturated rings. The van der Waals surface area contributed by atoms with E-state index in [-0.39, 0.29) is 5.82 Å². The van der Waals surface area contributed by atoms with Gasteiger partial charge in [0.05, 0.1) is 41.7 Å². The first-order chi connectivity index (χ1) is 17.6. The number of sulfone groups is 1. The van der Waals surface area contributed by atoms with Gasteiger partial charge in [0.1, 0.15) is 28.6 Å². The molecule has 0 aliphatic rings. The van der Waals surface area contributed by atoms with Crippen LogP contribution in [-0.4, -0.2) is 57.4 Å². The number of nitrogens with one attached hydrogen (secondary N) is 1. The van der Waals surface area contributed by atoms with E-state index in [0.717, 1.165) is 0 Å². The van der Waals surface area contributed by atoms with Crippen molar-refractivity contribution in [3.8, 4) is 28.7 Å². The van der Waals surface area contributed by atoms with Crippen molar-refractivity contribution < 1.29 is 22.3 Å². The minimum Gasteiger partial charge on any atom is -0.494 e. The van der Waals surface area contributed by atoms with E-state index in [2.05, 4.69) is 20.3 Å². The summed E-state index contributed by atoms with van der Waals surface area (Å²) in [7, 11) is 0.981. The van der Waals surface area contributed by atoms with Gasteiger partial charge in [-0.1, -0.05) is 13.0 Å². The number of para-hydroxylation sites is 1. The summed E-state index contributed by atoms with van der Waals surface area (Å²) >= 11 is 0. The van der Waals surface area contributed by atoms with Crippen LogP contribution in [0.5, 0.6) is 11.5 Å². The highest BCUT2D eigenvalue weighted by Crippen LogP contribution is 2.36. The predicted molar refractivity (Wildman–Crippen MR) is 136 cm³/mol. The molecule has 0 radical (unpaired) electrons. The SMILES string of the molecule is COc1cccc(OC)c1-n1c(CS(=O)(=O)[C@H](C)[C@@H](C)c2c[nH]c(C)c[n+]2=O)nnc1-c1ccn(C)n1. The first kappa shape index (κ1) is 26.1. The fraction of sp³-hybridized carbons (Fsp3) is 0.375. The number of aromatic nitrogens is 7. The summed E-state index contributed by atoms with van der Waals surface area (Å²) in [5, 5.41) is 12.1. The van der Waals surface area contributed by atoms with Gasteiger partial charge in [-0.25, -0.2) is 8.42 Å². The summed E-state index contributed by atoms with van der Waals surface area (Å²) in [6.45, 7) is 5.05. The molecule has 3 heterocycles. The van der Waals surface area contributed by atoms with E-state index < -0.39 is 26.8 Å². The summed E-state index contributed by atoms with van der Waals surface area (Å²) in [5.74, 6) is 0.353. The van der Waals surface area contributed by atoms with Gasteiger partial charge in [0.2, 0.25) is 6.20 Å². The van der Waals surface area contributed by atoms with E-state index in [4.69, 9.17) is 9.47 Å². The second kappa shape index (κ2) is 10.2. The third kappa shape index (κ3) is 4.99. The lowest BCUT2D eigenvalue weighted by Gasteiger charge is -2.19. The summed E-state index contributed by atoms with van der Waals surface area (Å²) < 4.78 is 42.4. The normalized spacial score (nSPS) is 13.4. The Labute approximate surface area is 214 Å². The number of aryl methyl sites for hydroxylation is 2. The van der Waals surface area contributed by atoms with E-state index in [1.165, 1.54) is 20.4 Å². The molecular formula is C24H30N7O5S+. The highest BCUT2D eigenvalue weighted by Gasteiger charge is 2.35. The molecule has 3 aromatic heterocycles. The molecule has 0 spiro atoms. The Bertz CT molecular complexity index is 1570. The Kier molecular flexibility index (Phi) is 7.16. The van der Waals surface area contributed by atoms with Crippen LogP contribution in [0, 0.1) is 11.8 Å². The minimum atomic E-state index is -3.82. The number of ether oxygens (including phenoxy) is 2. The lowest BCUT2D eigenvalue weighted by Crippen LogP contribution is -2.32. The van der Waals surface area contributed by atoms with Crippen molar-refractivity contribution in [1.29, 1.82) is 0 Å². The maximum Gasteiger partial charge on any atom is 0.259 e. The van der Waals surface area contributed by atoms with Gasteiger partial charge in [0.15, 0.2) is 21.5 Å². The number of nitrogens with zero attached hydrogens (tertiary/aromatic N) is 6. The Morgan fingerprint density at radius 2 is 1.78 bits per heavy atom. The molecule has 37 heavy (non-hydrogen) atoms. The molecule has 196 valence electrons. The molecule has 0 unspecified atom stereocenters. The Morgan fingerprint density at radius 3 is 2.35 bits per heavy atom. The van der Waals surface area contributed by atoms with E-state index in [9.17, 15) is 13.3 Å². The van der Waals surface area contributed by atoms with Gasteiger partial charge in [-0.3, -0.25) is 9.25 Å². The van der Waals surface area contributed by atoms with Crippen LogP contribution in [0.25, 0.3) is 17.2 Å². The number of benzene rings is 1. The number of H-pyrrole nitrogens is 1. The lowest BCUT2D eigenvalue weighted by atomic mass is 10.1. The molecule has 0 saturated heterocycles. The van der Waals surface area contributed by atoms with Crippen LogP contribution in [0.4, 0.5) is 0 Å². The van der Waals surface area contributed by atoms with Crippen molar-refractivity contribution in [2.75, 3.05) is 14.2 Å². The molecule has 4 aromatic rings. The molecular weight excluding hydrogens is 498 g/mol. The smallest absolute Gasteiger partial charge is 0.259 e. The zero-order chi connectivity index (χ0) is 26.9. The van der Waals surface area contributed by atoms with Gasteiger partial charge in [-0.15, -0.1) is 10.2 Å². The van der Waals surface area contributed by atoms with Crippen molar-refractivity contribution in [3.63, 3.8) is 0 Å². The monoisotopic (exact) mass is 528 g/mol. The maximum absolute atomic E-state index is 13.7. The largest absolute Gasteiger partial charge is 0.494 e. The average Bonchev–Trinajstić information content (AvgIpc) is 3.47. The van der Waals surface area contributed by atoms with Crippen molar-refractivity contribution in [2.24, 2.45) is 7.05 Å². The van der Waals surface area contributed by atoms with Crippen LogP contribution < -0.4 is 13.9 Å². The minimum absolute atomic E-state index is 0.160. The first-order valence-corrected chi connectivity index (χ1v) is 13.3. The fourth-order valence-corrected chi connectivity index (χ4v) is 5.70. The van der Waals surface area contributed by atoms with E-state index in [1.54, 1.807) is 73.7 Å². The number of methoxy groups -OCH3 is 2. The van der Waals surface area contributed by atoms with E-state index in [1.807, 2.05) is 0 Å². The molecule has 0 amide bonds. The van der Waals surface area contributed by atoms with Gasteiger partial charge in [-0.2, -0.15) is 5.10 Å². The van der Waals surface area contributed by atoms with Crippen LogP contribution in [0.1, 0.15) is 37.0 Å². The summed E-state index contributed by atoms with van der Waals surface area (Å²) in [4.78, 5) is 15.4. The van der Waals surface area contributed by atoms with E-state index >= 15 is 0 Å². The highest BCUT2D eigenvalue weighted by molar-refractivity contribution is 7.91. The van der Waals surface area contributed by atoms with Crippen molar-refractivity contribution in [2.45, 2.75) is 37.7 Å². The third-order valence-corrected chi connectivity index (χ3v) is 8.58. The molecule has 12 nitrogen and oxygen atoms in total. The molecule has 0 bridgehead atoms. The molecule has 0 saturated carbocycles. The van der Waals surface area contributed by atoms with Gasteiger partial charge < -0.3 is 14.5 Å². The quantitative estimate of drug-likeness (QED) is 0.327. The standard InChI is InChI=1S/C24H30N7O5S/c1-15-13-30(32)19(12-25-15)16(2)17(3)37(33,34)14-22-26-27-24(18-10-11-29(4)28-18)31(22)23-20(35-5)8-7-9-21(23)36-6/h7-13,16-17H,14H2,1-6H3,(H,25,32)/q+1/t16-,17-/m1/s1. The summed E-state index contributed by atoms with van der Waals surface area (Å²) in [6.07, 6.45) is 4.68. The highest BCUT2D eigenvalue weighted by atomic mass is 32.2. The molecule has 1 aromatic carbocycles. The van der Waals surface area contributed by atoms with Crippen molar-refractivity contribution in [3.05, 3.63) is 65.0 Å². The number of aromatic amines is 1. The Hall–Kier alpha value is -4.00. The zero-order valence-corrected chi connectivity index (χ0v) is 22.4. The summed E-state index contributed by atoms with van der Waals surface area (Å²) in [6, 6.07) is 7.00. The van der Waals surface area contributed by atoms with Crippen LogP contribution in [0.3, 0.4) is 0 Å². The maximum atomic E-state index is 13.7.